The van der Waals surface area contributed by atoms with E-state index >= 15 is 0 Å². The Labute approximate surface area is 149 Å². The Kier molecular flexibility index (Phi) is 4.47. The van der Waals surface area contributed by atoms with Gasteiger partial charge >= 0.3 is 11.9 Å². The molecule has 26 heavy (non-hydrogen) atoms. The van der Waals surface area contributed by atoms with Crippen LogP contribution in [0.1, 0.15) is 11.1 Å². The predicted octanol–water partition coefficient (Wildman–Crippen LogP) is 2.22. The molecule has 0 aliphatic heterocycles. The fourth-order valence-electron chi connectivity index (χ4n) is 2.76. The van der Waals surface area contributed by atoms with Crippen LogP contribution >= 0.6 is 11.8 Å². The van der Waals surface area contributed by atoms with Crippen LogP contribution in [0.3, 0.4) is 0 Å². The van der Waals surface area contributed by atoms with E-state index in [1.54, 1.807) is 12.3 Å². The van der Waals surface area contributed by atoms with E-state index in [1.807, 2.05) is 0 Å². The molecule has 2 heterocycles. The fraction of sp³-hybridized carbons (Fsp3) is 0.312. The van der Waals surface area contributed by atoms with Crippen molar-refractivity contribution in [1.82, 2.24) is 18.7 Å². The van der Waals surface area contributed by atoms with Crippen molar-refractivity contribution < 1.29 is 13.2 Å². The maximum absolute atomic E-state index is 12.9. The van der Waals surface area contributed by atoms with Crippen molar-refractivity contribution >= 4 is 22.9 Å². The number of alkyl halides is 3. The number of aryl methyl sites for hydroxylation is 1. The molecule has 138 valence electrons. The second kappa shape index (κ2) is 6.35. The summed E-state index contributed by atoms with van der Waals surface area (Å²) >= 11 is 1.25. The molecule has 0 amide bonds. The Balaban J connectivity index is 2.23. The summed E-state index contributed by atoms with van der Waals surface area (Å²) in [6.07, 6.45) is -2.71. The summed E-state index contributed by atoms with van der Waals surface area (Å²) in [6, 6.07) is 4.91. The van der Waals surface area contributed by atoms with Crippen LogP contribution < -0.4 is 11.2 Å². The van der Waals surface area contributed by atoms with Gasteiger partial charge in [-0.1, -0.05) is 23.9 Å². The van der Waals surface area contributed by atoms with Crippen molar-refractivity contribution in [3.63, 3.8) is 0 Å². The molecule has 0 atom stereocenters. The second-order valence-electron chi connectivity index (χ2n) is 5.76. The Hall–Kier alpha value is -2.49. The molecular weight excluding hydrogens is 369 g/mol. The largest absolute Gasteiger partial charge is 0.416 e. The Morgan fingerprint density at radius 2 is 1.85 bits per heavy atom. The SMILES string of the molecule is CSc1nc2c(c(=O)n(C)c(=O)n2C)n1Cc1cccc(C(F)(F)F)c1. The van der Waals surface area contributed by atoms with E-state index in [0.717, 1.165) is 16.7 Å². The lowest BCUT2D eigenvalue weighted by Crippen LogP contribution is -2.37. The van der Waals surface area contributed by atoms with Gasteiger partial charge in [-0.25, -0.2) is 9.78 Å². The number of hydrogen-bond acceptors (Lipinski definition) is 4. The molecule has 0 N–H and O–H groups in total. The molecule has 0 aliphatic rings. The van der Waals surface area contributed by atoms with Gasteiger partial charge in [0.2, 0.25) is 0 Å². The zero-order chi connectivity index (χ0) is 19.2. The van der Waals surface area contributed by atoms with Crippen LogP contribution in [0, 0.1) is 0 Å². The molecule has 0 radical (unpaired) electrons. The Morgan fingerprint density at radius 1 is 1.15 bits per heavy atom. The highest BCUT2D eigenvalue weighted by Crippen LogP contribution is 2.30. The van der Waals surface area contributed by atoms with Crippen molar-refractivity contribution in [2.45, 2.75) is 17.9 Å². The molecule has 0 bridgehead atoms. The van der Waals surface area contributed by atoms with E-state index < -0.39 is 23.0 Å². The van der Waals surface area contributed by atoms with E-state index in [9.17, 15) is 22.8 Å². The van der Waals surface area contributed by atoms with Crippen LogP contribution in [-0.2, 0) is 26.8 Å². The van der Waals surface area contributed by atoms with Gasteiger partial charge in [-0.3, -0.25) is 13.9 Å². The number of fused-ring (bicyclic) bond motifs is 1. The van der Waals surface area contributed by atoms with Gasteiger partial charge in [0.1, 0.15) is 0 Å². The van der Waals surface area contributed by atoms with Gasteiger partial charge in [0.05, 0.1) is 12.1 Å². The highest BCUT2D eigenvalue weighted by molar-refractivity contribution is 7.98. The molecule has 0 spiro atoms. The first-order valence-corrected chi connectivity index (χ1v) is 8.74. The minimum absolute atomic E-state index is 0.0318. The Bertz CT molecular complexity index is 1110. The molecule has 2 aromatic heterocycles. The first-order valence-electron chi connectivity index (χ1n) is 7.51. The molecule has 0 saturated heterocycles. The van der Waals surface area contributed by atoms with Crippen molar-refractivity contribution in [2.75, 3.05) is 6.26 Å². The molecule has 0 fully saturated rings. The Morgan fingerprint density at radius 3 is 2.46 bits per heavy atom. The number of benzene rings is 1. The first-order chi connectivity index (χ1) is 12.1. The van der Waals surface area contributed by atoms with E-state index in [0.29, 0.717) is 10.7 Å². The second-order valence-corrected chi connectivity index (χ2v) is 6.53. The summed E-state index contributed by atoms with van der Waals surface area (Å²) in [6.45, 7) is 0.0318. The van der Waals surface area contributed by atoms with E-state index in [4.69, 9.17) is 0 Å². The van der Waals surface area contributed by atoms with Gasteiger partial charge in [-0.15, -0.1) is 0 Å². The van der Waals surface area contributed by atoms with Gasteiger partial charge in [-0.2, -0.15) is 13.2 Å². The highest BCUT2D eigenvalue weighted by atomic mass is 32.2. The minimum atomic E-state index is -4.45. The van der Waals surface area contributed by atoms with Gasteiger partial charge in [0.15, 0.2) is 16.3 Å². The summed E-state index contributed by atoms with van der Waals surface area (Å²) in [5.74, 6) is 0. The third-order valence-corrected chi connectivity index (χ3v) is 4.77. The van der Waals surface area contributed by atoms with Gasteiger partial charge < -0.3 is 4.57 Å². The number of nitrogens with zero attached hydrogens (tertiary/aromatic N) is 4. The zero-order valence-electron chi connectivity index (χ0n) is 14.2. The molecule has 1 aromatic carbocycles. The number of rotatable bonds is 3. The van der Waals surface area contributed by atoms with E-state index in [-0.39, 0.29) is 17.7 Å². The summed E-state index contributed by atoms with van der Waals surface area (Å²) in [5, 5.41) is 0.440. The van der Waals surface area contributed by atoms with Crippen LogP contribution in [0.15, 0.2) is 39.0 Å². The van der Waals surface area contributed by atoms with Crippen molar-refractivity contribution in [2.24, 2.45) is 14.1 Å². The maximum atomic E-state index is 12.9. The number of halogens is 3. The first kappa shape index (κ1) is 18.3. The molecule has 0 unspecified atom stereocenters. The average Bonchev–Trinajstić information content (AvgIpc) is 2.96. The number of thioether (sulfide) groups is 1. The molecule has 0 saturated carbocycles. The van der Waals surface area contributed by atoms with Crippen LogP contribution in [0.4, 0.5) is 13.2 Å². The molecular formula is C16H15F3N4O2S. The average molecular weight is 384 g/mol. The van der Waals surface area contributed by atoms with Crippen molar-refractivity contribution in [3.8, 4) is 0 Å². The quantitative estimate of drug-likeness (QED) is 0.650. The van der Waals surface area contributed by atoms with Gasteiger partial charge in [0, 0.05) is 14.1 Å². The predicted molar refractivity (Wildman–Crippen MR) is 92.5 cm³/mol. The van der Waals surface area contributed by atoms with Crippen molar-refractivity contribution in [1.29, 1.82) is 0 Å². The maximum Gasteiger partial charge on any atom is 0.416 e. The van der Waals surface area contributed by atoms with Crippen LogP contribution in [0.2, 0.25) is 0 Å². The smallest absolute Gasteiger partial charge is 0.309 e. The summed E-state index contributed by atoms with van der Waals surface area (Å²) in [7, 11) is 2.85. The zero-order valence-corrected chi connectivity index (χ0v) is 15.0. The lowest BCUT2D eigenvalue weighted by atomic mass is 10.1. The lowest BCUT2D eigenvalue weighted by Gasteiger charge is -2.11. The molecule has 3 aromatic rings. The topological polar surface area (TPSA) is 61.8 Å². The third-order valence-electron chi connectivity index (χ3n) is 4.09. The minimum Gasteiger partial charge on any atom is -0.309 e. The summed E-state index contributed by atoms with van der Waals surface area (Å²) < 4.78 is 42.6. The summed E-state index contributed by atoms with van der Waals surface area (Å²) in [4.78, 5) is 29.0. The fourth-order valence-corrected chi connectivity index (χ4v) is 3.31. The molecule has 6 nitrogen and oxygen atoms in total. The van der Waals surface area contributed by atoms with E-state index in [1.165, 1.54) is 41.1 Å². The van der Waals surface area contributed by atoms with Crippen LogP contribution in [0.25, 0.3) is 11.2 Å². The molecule has 3 rings (SSSR count). The normalized spacial score (nSPS) is 12.1. The molecule has 10 heteroatoms. The van der Waals surface area contributed by atoms with Crippen molar-refractivity contribution in [3.05, 3.63) is 56.2 Å². The monoisotopic (exact) mass is 384 g/mol. The highest BCUT2D eigenvalue weighted by Gasteiger charge is 2.30. The van der Waals surface area contributed by atoms with E-state index in [2.05, 4.69) is 4.98 Å². The third kappa shape index (κ3) is 2.94. The number of aromatic nitrogens is 4. The van der Waals surface area contributed by atoms with Gasteiger partial charge in [-0.05, 0) is 24.0 Å². The summed E-state index contributed by atoms with van der Waals surface area (Å²) in [5.41, 5.74) is -1.05. The standard InChI is InChI=1S/C16H15F3N4O2S/c1-21-12-11(13(24)22(2)15(21)25)23(14(20-12)26-3)8-9-5-4-6-10(7-9)16(17,18)19/h4-7H,8H2,1-3H3. The van der Waals surface area contributed by atoms with Crippen LogP contribution in [0.5, 0.6) is 0 Å². The number of imidazole rings is 1. The van der Waals surface area contributed by atoms with Gasteiger partial charge in [0.25, 0.3) is 5.56 Å². The lowest BCUT2D eigenvalue weighted by molar-refractivity contribution is -0.137. The van der Waals surface area contributed by atoms with Crippen LogP contribution in [-0.4, -0.2) is 24.9 Å². The molecule has 0 aliphatic carbocycles. The number of hydrogen-bond donors (Lipinski definition) is 0.